The van der Waals surface area contributed by atoms with Crippen molar-refractivity contribution in [3.05, 3.63) is 0 Å². The monoisotopic (exact) mass is 321 g/mol. The van der Waals surface area contributed by atoms with E-state index in [1.165, 1.54) is 64.2 Å². The lowest BCUT2D eigenvalue weighted by molar-refractivity contribution is -0.890. The van der Waals surface area contributed by atoms with Gasteiger partial charge in [-0.25, -0.2) is 0 Å². The fourth-order valence-electron chi connectivity index (χ4n) is 2.51. The molecule has 0 bridgehead atoms. The molecule has 126 valence electrons. The molecule has 0 heterocycles. The maximum absolute atomic E-state index is 10.4. The SMILES string of the molecule is CCCCCCCCCCCC[N+](C)(C)CCO[P+](=O)O. The van der Waals surface area contributed by atoms with Gasteiger partial charge in [-0.2, -0.15) is 0 Å². The van der Waals surface area contributed by atoms with E-state index in [0.717, 1.165) is 17.6 Å². The van der Waals surface area contributed by atoms with E-state index in [4.69, 9.17) is 9.42 Å². The zero-order valence-corrected chi connectivity index (χ0v) is 15.2. The number of rotatable bonds is 15. The highest BCUT2D eigenvalue weighted by molar-refractivity contribution is 7.32. The number of quaternary nitrogens is 1. The van der Waals surface area contributed by atoms with Crippen molar-refractivity contribution < 1.29 is 18.5 Å². The Kier molecular flexibility index (Phi) is 13.6. The van der Waals surface area contributed by atoms with Crippen LogP contribution in [0.25, 0.3) is 0 Å². The fraction of sp³-hybridized carbons (Fsp3) is 1.00. The Hall–Kier alpha value is -0.0200. The molecule has 1 unspecified atom stereocenters. The fourth-order valence-corrected chi connectivity index (χ4v) is 2.74. The van der Waals surface area contributed by atoms with Gasteiger partial charge in [0.05, 0.1) is 20.6 Å². The quantitative estimate of drug-likeness (QED) is 0.271. The molecule has 0 amide bonds. The van der Waals surface area contributed by atoms with Gasteiger partial charge in [-0.05, 0) is 12.8 Å². The Labute approximate surface area is 132 Å². The molecule has 0 rings (SSSR count). The molecule has 0 saturated carbocycles. The van der Waals surface area contributed by atoms with Gasteiger partial charge in [-0.1, -0.05) is 58.3 Å². The lowest BCUT2D eigenvalue weighted by atomic mass is 10.1. The second-order valence-electron chi connectivity index (χ2n) is 6.64. The van der Waals surface area contributed by atoms with Crippen molar-refractivity contribution in [2.75, 3.05) is 33.8 Å². The highest BCUT2D eigenvalue weighted by Crippen LogP contribution is 2.15. The van der Waals surface area contributed by atoms with E-state index in [9.17, 15) is 4.57 Å². The van der Waals surface area contributed by atoms with Gasteiger partial charge in [-0.3, -0.25) is 0 Å². The summed E-state index contributed by atoms with van der Waals surface area (Å²) in [5.41, 5.74) is 0. The molecule has 0 fully saturated rings. The van der Waals surface area contributed by atoms with Crippen molar-refractivity contribution in [2.45, 2.75) is 71.1 Å². The molecule has 0 aromatic carbocycles. The summed E-state index contributed by atoms with van der Waals surface area (Å²) in [6.07, 6.45) is 13.6. The Bertz CT molecular complexity index is 260. The average Bonchev–Trinajstić information content (AvgIpc) is 2.40. The van der Waals surface area contributed by atoms with Gasteiger partial charge < -0.3 is 4.48 Å². The van der Waals surface area contributed by atoms with Crippen LogP contribution in [0, 0.1) is 0 Å². The van der Waals surface area contributed by atoms with Crippen LogP contribution >= 0.6 is 8.25 Å². The highest BCUT2D eigenvalue weighted by Gasteiger charge is 2.19. The predicted molar refractivity (Wildman–Crippen MR) is 89.5 cm³/mol. The maximum Gasteiger partial charge on any atom is 0.694 e. The second-order valence-corrected chi connectivity index (χ2v) is 7.37. The summed E-state index contributed by atoms with van der Waals surface area (Å²) in [6.45, 7) is 4.52. The summed E-state index contributed by atoms with van der Waals surface area (Å²) in [4.78, 5) is 8.59. The maximum atomic E-state index is 10.4. The molecule has 0 radical (unpaired) electrons. The van der Waals surface area contributed by atoms with Gasteiger partial charge in [0.1, 0.15) is 6.54 Å². The van der Waals surface area contributed by atoms with Gasteiger partial charge in [-0.15, -0.1) is 9.42 Å². The summed E-state index contributed by atoms with van der Waals surface area (Å²) >= 11 is 0. The van der Waals surface area contributed by atoms with Crippen LogP contribution in [0.5, 0.6) is 0 Å². The Morgan fingerprint density at radius 3 is 1.81 bits per heavy atom. The lowest BCUT2D eigenvalue weighted by Gasteiger charge is -2.28. The molecular weight excluding hydrogens is 285 g/mol. The molecule has 21 heavy (non-hydrogen) atoms. The first-order chi connectivity index (χ1) is 9.98. The molecule has 0 aliphatic carbocycles. The molecule has 1 N–H and O–H groups in total. The van der Waals surface area contributed by atoms with E-state index in [1.807, 2.05) is 0 Å². The summed E-state index contributed by atoms with van der Waals surface area (Å²) in [6, 6.07) is 0. The van der Waals surface area contributed by atoms with Crippen molar-refractivity contribution in [1.29, 1.82) is 0 Å². The van der Waals surface area contributed by atoms with Gasteiger partial charge in [0.2, 0.25) is 0 Å². The molecule has 0 aliphatic rings. The van der Waals surface area contributed by atoms with Crippen molar-refractivity contribution in [2.24, 2.45) is 0 Å². The third-order valence-corrected chi connectivity index (χ3v) is 4.42. The van der Waals surface area contributed by atoms with Gasteiger partial charge in [0.15, 0.2) is 6.61 Å². The van der Waals surface area contributed by atoms with E-state index < -0.39 is 8.25 Å². The smallest absolute Gasteiger partial charge is 0.326 e. The first kappa shape index (κ1) is 21.0. The molecular formula is C16H36NO3P+2. The first-order valence-corrected chi connectivity index (χ1v) is 9.72. The number of likely N-dealkylation sites (N-methyl/N-ethyl adjacent to an activating group) is 1. The van der Waals surface area contributed by atoms with Crippen LogP contribution in [0.1, 0.15) is 71.1 Å². The van der Waals surface area contributed by atoms with Crippen molar-refractivity contribution in [3.63, 3.8) is 0 Å². The van der Waals surface area contributed by atoms with E-state index in [0.29, 0.717) is 6.61 Å². The molecule has 0 aromatic rings. The van der Waals surface area contributed by atoms with E-state index >= 15 is 0 Å². The van der Waals surface area contributed by atoms with Crippen LogP contribution < -0.4 is 0 Å². The largest absolute Gasteiger partial charge is 0.694 e. The third-order valence-electron chi connectivity index (χ3n) is 4.02. The molecule has 0 saturated heterocycles. The van der Waals surface area contributed by atoms with Crippen LogP contribution in [0.15, 0.2) is 0 Å². The first-order valence-electron chi connectivity index (χ1n) is 8.59. The Balaban J connectivity index is 3.34. The summed E-state index contributed by atoms with van der Waals surface area (Å²) < 4.78 is 16.0. The highest BCUT2D eigenvalue weighted by atomic mass is 31.1. The van der Waals surface area contributed by atoms with Gasteiger partial charge in [0, 0.05) is 4.57 Å². The molecule has 1 atom stereocenters. The summed E-state index contributed by atoms with van der Waals surface area (Å²) in [7, 11) is 1.87. The van der Waals surface area contributed by atoms with Crippen molar-refractivity contribution in [3.8, 4) is 0 Å². The predicted octanol–water partition coefficient (Wildman–Crippen LogP) is 4.65. The summed E-state index contributed by atoms with van der Waals surface area (Å²) in [5.74, 6) is 0. The number of nitrogens with zero attached hydrogens (tertiary/aromatic N) is 1. The van der Waals surface area contributed by atoms with Crippen LogP contribution in [0.4, 0.5) is 0 Å². The number of hydrogen-bond donors (Lipinski definition) is 1. The minimum Gasteiger partial charge on any atom is -0.326 e. The Morgan fingerprint density at radius 1 is 0.857 bits per heavy atom. The molecule has 5 heteroatoms. The molecule has 0 spiro atoms. The van der Waals surface area contributed by atoms with Crippen molar-refractivity contribution in [1.82, 2.24) is 0 Å². The minimum absolute atomic E-state index is 0.358. The topological polar surface area (TPSA) is 46.5 Å². The summed E-state index contributed by atoms with van der Waals surface area (Å²) in [5, 5.41) is 0. The number of unbranched alkanes of at least 4 members (excludes halogenated alkanes) is 9. The lowest BCUT2D eigenvalue weighted by Crippen LogP contribution is -2.42. The average molecular weight is 321 g/mol. The zero-order chi connectivity index (χ0) is 16.0. The standard InChI is InChI=1S/C16H35NO3P/c1-4-5-6-7-8-9-10-11-12-13-14-17(2,3)15-16-20-21(18)19/h4-16H2,1-3H3/q+1/p+1. The van der Waals surface area contributed by atoms with Crippen LogP contribution in [0.3, 0.4) is 0 Å². The van der Waals surface area contributed by atoms with E-state index in [1.54, 1.807) is 0 Å². The molecule has 0 aliphatic heterocycles. The van der Waals surface area contributed by atoms with Crippen LogP contribution in [-0.4, -0.2) is 43.2 Å². The molecule has 0 aromatic heterocycles. The normalized spacial score (nSPS) is 12.7. The van der Waals surface area contributed by atoms with E-state index in [2.05, 4.69) is 21.0 Å². The number of hydrogen-bond acceptors (Lipinski definition) is 2. The van der Waals surface area contributed by atoms with Gasteiger partial charge >= 0.3 is 8.25 Å². The zero-order valence-electron chi connectivity index (χ0n) is 14.4. The third kappa shape index (κ3) is 16.2. The van der Waals surface area contributed by atoms with Crippen molar-refractivity contribution >= 4 is 8.25 Å². The molecule has 4 nitrogen and oxygen atoms in total. The minimum atomic E-state index is -2.44. The van der Waals surface area contributed by atoms with E-state index in [-0.39, 0.29) is 0 Å². The Morgan fingerprint density at radius 2 is 1.33 bits per heavy atom. The second kappa shape index (κ2) is 13.6. The van der Waals surface area contributed by atoms with Gasteiger partial charge in [0.25, 0.3) is 0 Å². The van der Waals surface area contributed by atoms with Crippen LogP contribution in [-0.2, 0) is 9.09 Å². The van der Waals surface area contributed by atoms with Crippen LogP contribution in [0.2, 0.25) is 0 Å².